The molecule has 0 spiro atoms. The molecule has 0 aromatic rings. The Morgan fingerprint density at radius 2 is 1.36 bits per heavy atom. The molecule has 6 heteroatoms. The third-order valence-corrected chi connectivity index (χ3v) is 7.99. The quantitative estimate of drug-likeness (QED) is 0.713. The molecule has 76 valence electrons. The summed E-state index contributed by atoms with van der Waals surface area (Å²) < 4.78 is 2.80. The third-order valence-electron chi connectivity index (χ3n) is 1.60. The first-order valence-corrected chi connectivity index (χ1v) is 8.53. The lowest BCUT2D eigenvalue weighted by Gasteiger charge is -1.99. The summed E-state index contributed by atoms with van der Waals surface area (Å²) in [6.07, 6.45) is 0. The smallest absolute Gasteiger partial charge is 0.0700 e. The second kappa shape index (κ2) is 5.59. The molecule has 2 aliphatic heterocycles. The van der Waals surface area contributed by atoms with Crippen LogP contribution in [0.5, 0.6) is 0 Å². The van der Waals surface area contributed by atoms with Crippen molar-refractivity contribution in [2.24, 2.45) is 0 Å². The fourth-order valence-corrected chi connectivity index (χ4v) is 6.62. The maximum atomic E-state index is 4.33. The molecule has 0 fully saturated rings. The van der Waals surface area contributed by atoms with E-state index in [2.05, 4.69) is 36.1 Å². The molecule has 0 nitrogen and oxygen atoms in total. The van der Waals surface area contributed by atoms with E-state index in [1.54, 1.807) is 0 Å². The molecular formula is C8H8S6. The molecular weight excluding hydrogens is 288 g/mol. The summed E-state index contributed by atoms with van der Waals surface area (Å²) in [5, 5.41) is 4.26. The minimum atomic E-state index is 0.826. The highest BCUT2D eigenvalue weighted by atomic mass is 32.2. The van der Waals surface area contributed by atoms with Gasteiger partial charge in [0.1, 0.15) is 0 Å². The average molecular weight is 297 g/mol. The second-order valence-corrected chi connectivity index (χ2v) is 7.64. The molecule has 0 N–H and O–H groups in total. The van der Waals surface area contributed by atoms with Crippen molar-refractivity contribution in [2.75, 3.05) is 11.5 Å². The van der Waals surface area contributed by atoms with Gasteiger partial charge in [-0.25, -0.2) is 0 Å². The standard InChI is InChI=1S/C8H8S6/c9-3-5-6(4-10)14-8(13-5)7-11-1-2-12-7/h1-2,9-10H,3-4H2. The van der Waals surface area contributed by atoms with Gasteiger partial charge < -0.3 is 0 Å². The molecule has 2 aliphatic rings. The summed E-state index contributed by atoms with van der Waals surface area (Å²) in [6.45, 7) is 0. The van der Waals surface area contributed by atoms with Crippen LogP contribution < -0.4 is 0 Å². The zero-order valence-electron chi connectivity index (χ0n) is 7.10. The average Bonchev–Trinajstić information content (AvgIpc) is 2.85. The minimum Gasteiger partial charge on any atom is -0.174 e. The highest BCUT2D eigenvalue weighted by Gasteiger charge is 2.23. The molecule has 0 aromatic heterocycles. The van der Waals surface area contributed by atoms with E-state index in [0.29, 0.717) is 0 Å². The molecule has 0 saturated heterocycles. The van der Waals surface area contributed by atoms with Crippen LogP contribution in [0.1, 0.15) is 0 Å². The minimum absolute atomic E-state index is 0.826. The third kappa shape index (κ3) is 2.52. The van der Waals surface area contributed by atoms with Gasteiger partial charge in [-0.05, 0) is 10.8 Å². The number of thioether (sulfide) groups is 4. The van der Waals surface area contributed by atoms with Crippen molar-refractivity contribution in [1.82, 2.24) is 0 Å². The Labute approximate surface area is 112 Å². The van der Waals surface area contributed by atoms with E-state index < -0.39 is 0 Å². The van der Waals surface area contributed by atoms with Gasteiger partial charge in [-0.3, -0.25) is 0 Å². The Morgan fingerprint density at radius 3 is 1.79 bits per heavy atom. The molecule has 0 unspecified atom stereocenters. The molecule has 2 rings (SSSR count). The van der Waals surface area contributed by atoms with E-state index in [1.165, 1.54) is 18.3 Å². The monoisotopic (exact) mass is 296 g/mol. The van der Waals surface area contributed by atoms with Gasteiger partial charge in [0.2, 0.25) is 0 Å². The van der Waals surface area contributed by atoms with E-state index in [4.69, 9.17) is 0 Å². The van der Waals surface area contributed by atoms with Crippen LogP contribution in [0.3, 0.4) is 0 Å². The Morgan fingerprint density at radius 1 is 0.857 bits per heavy atom. The number of thiol groups is 2. The molecule has 0 bridgehead atoms. The van der Waals surface area contributed by atoms with E-state index in [-0.39, 0.29) is 0 Å². The lowest BCUT2D eigenvalue weighted by molar-refractivity contribution is 1.61. The van der Waals surface area contributed by atoms with Gasteiger partial charge in [0.05, 0.1) is 8.47 Å². The summed E-state index contributed by atoms with van der Waals surface area (Å²) in [5.41, 5.74) is 0. The SMILES string of the molecule is SCC1=C(CS)SC(=C2SC=CS2)S1. The number of rotatable bonds is 2. The highest BCUT2D eigenvalue weighted by Crippen LogP contribution is 2.56. The van der Waals surface area contributed by atoms with Crippen LogP contribution in [0, 0.1) is 0 Å². The molecule has 0 atom stereocenters. The normalized spacial score (nSPS) is 21.6. The lowest BCUT2D eigenvalue weighted by atomic mass is 10.6. The van der Waals surface area contributed by atoms with Crippen molar-refractivity contribution in [3.8, 4) is 0 Å². The summed E-state index contributed by atoms with van der Waals surface area (Å²) in [7, 11) is 0. The number of hydrogen-bond donors (Lipinski definition) is 2. The van der Waals surface area contributed by atoms with E-state index in [0.717, 1.165) is 11.5 Å². The van der Waals surface area contributed by atoms with Crippen LogP contribution in [0.4, 0.5) is 0 Å². The Balaban J connectivity index is 2.14. The molecule has 2 heterocycles. The summed E-state index contributed by atoms with van der Waals surface area (Å²) >= 11 is 16.0. The fraction of sp³-hybridized carbons (Fsp3) is 0.250. The van der Waals surface area contributed by atoms with Crippen molar-refractivity contribution < 1.29 is 0 Å². The maximum Gasteiger partial charge on any atom is 0.0700 e. The van der Waals surface area contributed by atoms with Crippen molar-refractivity contribution in [1.29, 1.82) is 0 Å². The van der Waals surface area contributed by atoms with Gasteiger partial charge in [0.15, 0.2) is 0 Å². The molecule has 0 aliphatic carbocycles. The highest BCUT2D eigenvalue weighted by molar-refractivity contribution is 8.33. The second-order valence-electron chi connectivity index (χ2n) is 2.45. The van der Waals surface area contributed by atoms with Crippen LogP contribution in [-0.2, 0) is 0 Å². The van der Waals surface area contributed by atoms with E-state index in [1.807, 2.05) is 47.0 Å². The van der Waals surface area contributed by atoms with Crippen molar-refractivity contribution >= 4 is 72.3 Å². The first kappa shape index (κ1) is 11.8. The Hall–Kier alpha value is 1.32. The van der Waals surface area contributed by atoms with Gasteiger partial charge in [-0.15, -0.1) is 0 Å². The predicted molar refractivity (Wildman–Crippen MR) is 81.3 cm³/mol. The summed E-state index contributed by atoms with van der Waals surface area (Å²) in [5.74, 6) is 1.65. The van der Waals surface area contributed by atoms with E-state index >= 15 is 0 Å². The Kier molecular flexibility index (Phi) is 4.71. The van der Waals surface area contributed by atoms with Crippen LogP contribution in [0.15, 0.2) is 29.1 Å². The largest absolute Gasteiger partial charge is 0.174 e. The van der Waals surface area contributed by atoms with Gasteiger partial charge in [-0.1, -0.05) is 47.0 Å². The predicted octanol–water partition coefficient (Wildman–Crippen LogP) is 4.62. The Bertz CT molecular complexity index is 299. The van der Waals surface area contributed by atoms with Crippen LogP contribution in [0.25, 0.3) is 0 Å². The van der Waals surface area contributed by atoms with Crippen molar-refractivity contribution in [3.05, 3.63) is 29.1 Å². The first-order chi connectivity index (χ1) is 6.85. The zero-order valence-corrected chi connectivity index (χ0v) is 12.2. The van der Waals surface area contributed by atoms with Crippen molar-refractivity contribution in [2.45, 2.75) is 0 Å². The zero-order chi connectivity index (χ0) is 9.97. The van der Waals surface area contributed by atoms with Gasteiger partial charge >= 0.3 is 0 Å². The van der Waals surface area contributed by atoms with Gasteiger partial charge in [0.25, 0.3) is 0 Å². The number of hydrogen-bond acceptors (Lipinski definition) is 6. The topological polar surface area (TPSA) is 0 Å². The molecule has 0 amide bonds. The maximum absolute atomic E-state index is 4.33. The van der Waals surface area contributed by atoms with Crippen molar-refractivity contribution in [3.63, 3.8) is 0 Å². The van der Waals surface area contributed by atoms with E-state index in [9.17, 15) is 0 Å². The lowest BCUT2D eigenvalue weighted by Crippen LogP contribution is -1.80. The van der Waals surface area contributed by atoms with Gasteiger partial charge in [-0.2, -0.15) is 25.3 Å². The van der Waals surface area contributed by atoms with Gasteiger partial charge in [0, 0.05) is 21.3 Å². The molecule has 0 radical (unpaired) electrons. The van der Waals surface area contributed by atoms with Crippen LogP contribution in [-0.4, -0.2) is 11.5 Å². The molecule has 14 heavy (non-hydrogen) atoms. The fourth-order valence-electron chi connectivity index (χ4n) is 0.986. The van der Waals surface area contributed by atoms with Crippen LogP contribution >= 0.6 is 72.3 Å². The van der Waals surface area contributed by atoms with Crippen LogP contribution in [0.2, 0.25) is 0 Å². The molecule has 0 saturated carbocycles. The summed E-state index contributed by atoms with van der Waals surface area (Å²) in [4.78, 5) is 2.73. The first-order valence-electron chi connectivity index (χ1n) is 3.87. The molecule has 0 aromatic carbocycles. The summed E-state index contributed by atoms with van der Waals surface area (Å²) in [6, 6.07) is 0.